The van der Waals surface area contributed by atoms with E-state index in [0.717, 1.165) is 32.8 Å². The fraction of sp³-hybridized carbons (Fsp3) is 0.800. The average molecular weight is 229 g/mol. The Bertz CT molecular complexity index is 239. The van der Waals surface area contributed by atoms with Crippen LogP contribution < -0.4 is 11.1 Å². The molecule has 16 heavy (non-hydrogen) atoms. The van der Waals surface area contributed by atoms with Crippen molar-refractivity contribution in [3.63, 3.8) is 0 Å². The number of amides is 2. The van der Waals surface area contributed by atoms with Gasteiger partial charge >= 0.3 is 0 Å². The zero-order valence-electron chi connectivity index (χ0n) is 9.41. The fourth-order valence-corrected chi connectivity index (χ4v) is 1.50. The number of primary amides is 1. The molecule has 1 aliphatic heterocycles. The minimum Gasteiger partial charge on any atom is -0.379 e. The second-order valence-corrected chi connectivity index (χ2v) is 3.77. The Hall–Kier alpha value is -1.14. The van der Waals surface area contributed by atoms with Crippen LogP contribution >= 0.6 is 0 Å². The van der Waals surface area contributed by atoms with E-state index in [-0.39, 0.29) is 18.7 Å². The fourth-order valence-electron chi connectivity index (χ4n) is 1.50. The highest BCUT2D eigenvalue weighted by Gasteiger charge is 2.10. The Morgan fingerprint density at radius 1 is 1.25 bits per heavy atom. The monoisotopic (exact) mass is 229 g/mol. The van der Waals surface area contributed by atoms with Crippen molar-refractivity contribution in [1.29, 1.82) is 0 Å². The lowest BCUT2D eigenvalue weighted by Crippen LogP contribution is -2.41. The first-order valence-electron chi connectivity index (χ1n) is 5.53. The van der Waals surface area contributed by atoms with Crippen LogP contribution in [-0.2, 0) is 14.3 Å². The Morgan fingerprint density at radius 2 is 1.94 bits per heavy atom. The molecule has 0 radical (unpaired) electrons. The highest BCUT2D eigenvalue weighted by atomic mass is 16.5. The average Bonchev–Trinajstić information content (AvgIpc) is 2.28. The van der Waals surface area contributed by atoms with E-state index in [9.17, 15) is 9.59 Å². The van der Waals surface area contributed by atoms with Crippen molar-refractivity contribution in [2.24, 2.45) is 5.73 Å². The lowest BCUT2D eigenvalue weighted by atomic mass is 10.3. The summed E-state index contributed by atoms with van der Waals surface area (Å²) in [6.07, 6.45) is 0.293. The quantitative estimate of drug-likeness (QED) is 0.593. The normalized spacial score (nSPS) is 17.0. The zero-order chi connectivity index (χ0) is 11.8. The number of nitrogens with one attached hydrogen (secondary N) is 1. The molecule has 0 bridgehead atoms. The van der Waals surface area contributed by atoms with Gasteiger partial charge in [0, 0.05) is 39.0 Å². The number of carbonyl (C=O) groups excluding carboxylic acids is 2. The number of morpholine rings is 1. The second kappa shape index (κ2) is 7.19. The molecule has 0 aromatic carbocycles. The molecule has 1 rings (SSSR count). The minimum atomic E-state index is -0.441. The third-order valence-corrected chi connectivity index (χ3v) is 2.45. The number of hydrogen-bond donors (Lipinski definition) is 2. The van der Waals surface area contributed by atoms with Crippen molar-refractivity contribution < 1.29 is 14.3 Å². The van der Waals surface area contributed by atoms with Crippen LogP contribution in [0.2, 0.25) is 0 Å². The van der Waals surface area contributed by atoms with Gasteiger partial charge in [-0.3, -0.25) is 14.5 Å². The van der Waals surface area contributed by atoms with E-state index in [1.807, 2.05) is 0 Å². The van der Waals surface area contributed by atoms with Gasteiger partial charge in [-0.05, 0) is 0 Å². The molecular formula is C10H19N3O3. The summed E-state index contributed by atoms with van der Waals surface area (Å²) in [5.74, 6) is -0.560. The second-order valence-electron chi connectivity index (χ2n) is 3.77. The molecule has 1 saturated heterocycles. The molecule has 0 aromatic rings. The van der Waals surface area contributed by atoms with Crippen LogP contribution in [0.4, 0.5) is 0 Å². The first-order valence-corrected chi connectivity index (χ1v) is 5.53. The first-order chi connectivity index (χ1) is 7.68. The minimum absolute atomic E-state index is 0.114. The Kier molecular flexibility index (Phi) is 5.81. The zero-order valence-corrected chi connectivity index (χ0v) is 9.41. The van der Waals surface area contributed by atoms with E-state index in [0.29, 0.717) is 6.54 Å². The third-order valence-electron chi connectivity index (χ3n) is 2.45. The maximum absolute atomic E-state index is 11.2. The Balaban J connectivity index is 2.01. The molecule has 1 heterocycles. The summed E-state index contributed by atoms with van der Waals surface area (Å²) < 4.78 is 5.21. The summed E-state index contributed by atoms with van der Waals surface area (Å²) in [6, 6.07) is 0. The number of nitrogens with zero attached hydrogens (tertiary/aromatic N) is 1. The largest absolute Gasteiger partial charge is 0.379 e. The van der Waals surface area contributed by atoms with Gasteiger partial charge in [0.05, 0.1) is 13.2 Å². The predicted molar refractivity (Wildman–Crippen MR) is 58.7 cm³/mol. The van der Waals surface area contributed by atoms with Crippen molar-refractivity contribution >= 4 is 11.8 Å². The van der Waals surface area contributed by atoms with Crippen molar-refractivity contribution in [1.82, 2.24) is 10.2 Å². The van der Waals surface area contributed by atoms with Gasteiger partial charge in [0.15, 0.2) is 0 Å². The van der Waals surface area contributed by atoms with Crippen LogP contribution in [0.1, 0.15) is 12.8 Å². The summed E-state index contributed by atoms with van der Waals surface area (Å²) in [5.41, 5.74) is 4.95. The lowest BCUT2D eigenvalue weighted by molar-refractivity contribution is -0.125. The van der Waals surface area contributed by atoms with Crippen LogP contribution in [0.3, 0.4) is 0 Å². The number of carbonyl (C=O) groups is 2. The molecule has 0 spiro atoms. The van der Waals surface area contributed by atoms with Gasteiger partial charge in [0.1, 0.15) is 0 Å². The van der Waals surface area contributed by atoms with Crippen molar-refractivity contribution in [3.8, 4) is 0 Å². The van der Waals surface area contributed by atoms with Gasteiger partial charge in [0.25, 0.3) is 0 Å². The van der Waals surface area contributed by atoms with Gasteiger partial charge in [-0.25, -0.2) is 0 Å². The molecule has 1 fully saturated rings. The predicted octanol–water partition coefficient (Wildman–Crippen LogP) is -1.30. The van der Waals surface area contributed by atoms with Gasteiger partial charge in [-0.15, -0.1) is 0 Å². The summed E-state index contributed by atoms with van der Waals surface area (Å²) in [5, 5.41) is 2.76. The molecule has 6 nitrogen and oxygen atoms in total. The molecule has 92 valence electrons. The van der Waals surface area contributed by atoms with E-state index in [2.05, 4.69) is 10.2 Å². The number of nitrogens with two attached hydrogens (primary N) is 1. The lowest BCUT2D eigenvalue weighted by Gasteiger charge is -2.26. The van der Waals surface area contributed by atoms with Crippen LogP contribution in [0.15, 0.2) is 0 Å². The molecule has 0 aromatic heterocycles. The highest BCUT2D eigenvalue weighted by molar-refractivity contribution is 5.82. The van der Waals surface area contributed by atoms with Crippen LogP contribution in [0, 0.1) is 0 Å². The molecule has 3 N–H and O–H groups in total. The topological polar surface area (TPSA) is 84.7 Å². The molecule has 0 unspecified atom stereocenters. The third kappa shape index (κ3) is 5.67. The Labute approximate surface area is 95.1 Å². The number of ether oxygens (including phenoxy) is 1. The first kappa shape index (κ1) is 12.9. The summed E-state index contributed by atoms with van der Waals surface area (Å²) >= 11 is 0. The molecule has 1 aliphatic rings. The number of hydrogen-bond acceptors (Lipinski definition) is 4. The molecule has 0 aliphatic carbocycles. The standard InChI is InChI=1S/C10H19N3O3/c11-9(14)1-2-10(15)12-3-4-13-5-7-16-8-6-13/h1-8H2,(H2,11,14)(H,12,15). The van der Waals surface area contributed by atoms with Gasteiger partial charge in [0.2, 0.25) is 11.8 Å². The molecule has 2 amide bonds. The number of rotatable bonds is 6. The SMILES string of the molecule is NC(=O)CCC(=O)NCCN1CCOCC1. The molecular weight excluding hydrogens is 210 g/mol. The Morgan fingerprint density at radius 3 is 2.56 bits per heavy atom. The maximum atomic E-state index is 11.2. The van der Waals surface area contributed by atoms with E-state index in [1.54, 1.807) is 0 Å². The van der Waals surface area contributed by atoms with Crippen molar-refractivity contribution in [3.05, 3.63) is 0 Å². The van der Waals surface area contributed by atoms with Crippen molar-refractivity contribution in [2.75, 3.05) is 39.4 Å². The van der Waals surface area contributed by atoms with Crippen molar-refractivity contribution in [2.45, 2.75) is 12.8 Å². The smallest absolute Gasteiger partial charge is 0.220 e. The summed E-state index contributed by atoms with van der Waals surface area (Å²) in [7, 11) is 0. The van der Waals surface area contributed by atoms with Crippen LogP contribution in [-0.4, -0.2) is 56.1 Å². The van der Waals surface area contributed by atoms with Gasteiger partial charge in [-0.1, -0.05) is 0 Å². The van der Waals surface area contributed by atoms with Crippen LogP contribution in [0.5, 0.6) is 0 Å². The van der Waals surface area contributed by atoms with E-state index < -0.39 is 5.91 Å². The molecule has 0 saturated carbocycles. The summed E-state index contributed by atoms with van der Waals surface area (Å²) in [6.45, 7) is 4.78. The van der Waals surface area contributed by atoms with E-state index in [1.165, 1.54) is 0 Å². The van der Waals surface area contributed by atoms with Gasteiger partial charge in [-0.2, -0.15) is 0 Å². The maximum Gasteiger partial charge on any atom is 0.220 e. The van der Waals surface area contributed by atoms with E-state index >= 15 is 0 Å². The highest BCUT2D eigenvalue weighted by Crippen LogP contribution is 1.95. The summed E-state index contributed by atoms with van der Waals surface area (Å²) in [4.78, 5) is 23.9. The van der Waals surface area contributed by atoms with E-state index in [4.69, 9.17) is 10.5 Å². The van der Waals surface area contributed by atoms with Gasteiger partial charge < -0.3 is 15.8 Å². The van der Waals surface area contributed by atoms with Crippen LogP contribution in [0.25, 0.3) is 0 Å². The molecule has 0 atom stereocenters. The molecule has 6 heteroatoms.